The molecule has 466 valence electrons. The molecule has 0 saturated heterocycles. The van der Waals surface area contributed by atoms with E-state index in [1.807, 2.05) is 6.08 Å². The number of esters is 3. The van der Waals surface area contributed by atoms with Gasteiger partial charge in [0.15, 0.2) is 6.10 Å². The molecule has 0 aromatic heterocycles. The van der Waals surface area contributed by atoms with Crippen LogP contribution >= 0.6 is 0 Å². The van der Waals surface area contributed by atoms with Crippen LogP contribution in [-0.2, 0) is 28.6 Å². The van der Waals surface area contributed by atoms with Crippen molar-refractivity contribution >= 4 is 17.9 Å². The summed E-state index contributed by atoms with van der Waals surface area (Å²) in [6.07, 6.45) is 93.4. The summed E-state index contributed by atoms with van der Waals surface area (Å²) in [5.41, 5.74) is 0. The maximum atomic E-state index is 12.8. The highest BCUT2D eigenvalue weighted by Crippen LogP contribution is 2.17. The van der Waals surface area contributed by atoms with Crippen LogP contribution < -0.4 is 0 Å². The maximum Gasteiger partial charge on any atom is 0.310 e. The SMILES string of the molecule is CC/C=C\C/C=C\C/C=C\C/C=C\C/C=C\CC(=O)OC(COC(=O)CCCCCCC/C=C\CCCCCCCC)COC(=O)CCCCCCCCCCCCCCCCCCCCCCC/C=C\C/C=C\CCCCCCC. The third kappa shape index (κ3) is 67.0. The van der Waals surface area contributed by atoms with E-state index in [1.54, 1.807) is 6.08 Å². The van der Waals surface area contributed by atoms with Crippen LogP contribution in [0.2, 0.25) is 0 Å². The first-order chi connectivity index (χ1) is 40.0. The molecule has 0 radical (unpaired) electrons. The first-order valence-electron chi connectivity index (χ1n) is 34.7. The maximum absolute atomic E-state index is 12.8. The molecular weight excluding hydrogens is 997 g/mol. The Balaban J connectivity index is 4.20. The summed E-state index contributed by atoms with van der Waals surface area (Å²) in [6.45, 7) is 6.45. The van der Waals surface area contributed by atoms with Gasteiger partial charge in [-0.3, -0.25) is 14.4 Å². The number of allylic oxidation sites excluding steroid dienone is 15. The van der Waals surface area contributed by atoms with E-state index in [2.05, 4.69) is 106 Å². The fraction of sp³-hybridized carbons (Fsp3) is 0.747. The largest absolute Gasteiger partial charge is 0.462 e. The molecule has 1 unspecified atom stereocenters. The molecule has 0 rings (SSSR count). The van der Waals surface area contributed by atoms with Crippen molar-refractivity contribution in [2.75, 3.05) is 13.2 Å². The van der Waals surface area contributed by atoms with Gasteiger partial charge >= 0.3 is 17.9 Å². The minimum Gasteiger partial charge on any atom is -0.462 e. The Morgan fingerprint density at radius 2 is 0.519 bits per heavy atom. The molecule has 0 N–H and O–H groups in total. The summed E-state index contributed by atoms with van der Waals surface area (Å²) < 4.78 is 16.8. The van der Waals surface area contributed by atoms with Crippen molar-refractivity contribution in [2.24, 2.45) is 0 Å². The molecular formula is C75H130O6. The predicted molar refractivity (Wildman–Crippen MR) is 353 cm³/mol. The summed E-state index contributed by atoms with van der Waals surface area (Å²) in [5.74, 6) is -1.04. The minimum atomic E-state index is -0.835. The zero-order chi connectivity index (χ0) is 58.5. The quantitative estimate of drug-likeness (QED) is 0.0261. The molecule has 6 heteroatoms. The first kappa shape index (κ1) is 77.3. The van der Waals surface area contributed by atoms with Crippen LogP contribution in [0.25, 0.3) is 0 Å². The van der Waals surface area contributed by atoms with E-state index in [4.69, 9.17) is 14.2 Å². The summed E-state index contributed by atoms with van der Waals surface area (Å²) in [4.78, 5) is 38.3. The lowest BCUT2D eigenvalue weighted by Crippen LogP contribution is -2.30. The number of ether oxygens (including phenoxy) is 3. The molecule has 0 bridgehead atoms. The third-order valence-corrected chi connectivity index (χ3v) is 15.1. The van der Waals surface area contributed by atoms with Crippen molar-refractivity contribution in [2.45, 2.75) is 348 Å². The Kier molecular flexibility index (Phi) is 65.7. The fourth-order valence-corrected chi connectivity index (χ4v) is 9.90. The summed E-state index contributed by atoms with van der Waals surface area (Å²) in [7, 11) is 0. The van der Waals surface area contributed by atoms with Gasteiger partial charge in [-0.05, 0) is 103 Å². The van der Waals surface area contributed by atoms with Crippen molar-refractivity contribution in [1.29, 1.82) is 0 Å². The standard InChI is InChI=1S/C75H130O6/c1-4-7-10-13-16-19-22-25-28-29-30-31-32-33-34-35-36-37-38-39-40-41-42-43-44-45-48-50-53-56-59-62-65-68-74(77)80-71-72(81-75(78)69-66-63-60-57-54-51-47-27-24-21-18-15-12-9-6-3)70-79-73(76)67-64-61-58-55-52-49-46-26-23-20-17-14-11-8-5-2/h9,12,18,21-22,25-27,29-30,46-47,54,57,63,66,72H,4-8,10-11,13-17,19-20,23-24,28,31-45,48-53,55-56,58-62,64-65,67-71H2,1-3H3/b12-9-,21-18-,25-22-,30-29-,46-26-,47-27-,57-54-,66-63-. The Morgan fingerprint density at radius 1 is 0.272 bits per heavy atom. The van der Waals surface area contributed by atoms with Gasteiger partial charge in [0, 0.05) is 12.8 Å². The van der Waals surface area contributed by atoms with Gasteiger partial charge in [0.05, 0.1) is 6.42 Å². The summed E-state index contributed by atoms with van der Waals surface area (Å²) >= 11 is 0. The van der Waals surface area contributed by atoms with Crippen LogP contribution in [0.5, 0.6) is 0 Å². The smallest absolute Gasteiger partial charge is 0.310 e. The van der Waals surface area contributed by atoms with Gasteiger partial charge in [-0.1, -0.05) is 317 Å². The molecule has 0 aliphatic carbocycles. The number of carbonyl (C=O) groups is 3. The average Bonchev–Trinajstić information content (AvgIpc) is 3.47. The van der Waals surface area contributed by atoms with Crippen LogP contribution in [0, 0.1) is 0 Å². The molecule has 0 aliphatic rings. The van der Waals surface area contributed by atoms with Crippen LogP contribution in [0.3, 0.4) is 0 Å². The highest BCUT2D eigenvalue weighted by atomic mass is 16.6. The van der Waals surface area contributed by atoms with E-state index < -0.39 is 12.1 Å². The molecule has 1 atom stereocenters. The molecule has 0 aromatic rings. The van der Waals surface area contributed by atoms with E-state index in [0.29, 0.717) is 12.8 Å². The molecule has 0 aromatic carbocycles. The highest BCUT2D eigenvalue weighted by Gasteiger charge is 2.19. The molecule has 0 spiro atoms. The van der Waals surface area contributed by atoms with Crippen molar-refractivity contribution in [3.05, 3.63) is 97.2 Å². The van der Waals surface area contributed by atoms with Crippen molar-refractivity contribution in [3.8, 4) is 0 Å². The van der Waals surface area contributed by atoms with Gasteiger partial charge in [0.2, 0.25) is 0 Å². The average molecular weight is 1130 g/mol. The molecule has 0 heterocycles. The van der Waals surface area contributed by atoms with Gasteiger partial charge in [0.25, 0.3) is 0 Å². The lowest BCUT2D eigenvalue weighted by molar-refractivity contribution is -0.166. The van der Waals surface area contributed by atoms with E-state index in [0.717, 1.165) is 89.9 Å². The second-order valence-electron chi connectivity index (χ2n) is 23.1. The molecule has 0 saturated carbocycles. The van der Waals surface area contributed by atoms with Gasteiger partial charge in [-0.25, -0.2) is 0 Å². The van der Waals surface area contributed by atoms with Gasteiger partial charge in [-0.2, -0.15) is 0 Å². The third-order valence-electron chi connectivity index (χ3n) is 15.1. The Bertz CT molecular complexity index is 1580. The first-order valence-corrected chi connectivity index (χ1v) is 34.7. The van der Waals surface area contributed by atoms with Gasteiger partial charge in [-0.15, -0.1) is 0 Å². The monoisotopic (exact) mass is 1130 g/mol. The summed E-state index contributed by atoms with van der Waals surface area (Å²) in [6, 6.07) is 0. The number of hydrogen-bond acceptors (Lipinski definition) is 6. The zero-order valence-corrected chi connectivity index (χ0v) is 53.5. The van der Waals surface area contributed by atoms with Crippen molar-refractivity contribution in [3.63, 3.8) is 0 Å². The van der Waals surface area contributed by atoms with Crippen LogP contribution in [0.4, 0.5) is 0 Å². The summed E-state index contributed by atoms with van der Waals surface area (Å²) in [5, 5.41) is 0. The minimum absolute atomic E-state index is 0.0959. The van der Waals surface area contributed by atoms with E-state index in [-0.39, 0.29) is 31.6 Å². The highest BCUT2D eigenvalue weighted by molar-refractivity contribution is 5.72. The topological polar surface area (TPSA) is 78.9 Å². The molecule has 6 nitrogen and oxygen atoms in total. The number of hydrogen-bond donors (Lipinski definition) is 0. The van der Waals surface area contributed by atoms with Crippen molar-refractivity contribution < 1.29 is 28.6 Å². The lowest BCUT2D eigenvalue weighted by atomic mass is 10.0. The Labute approximate surface area is 502 Å². The Hall–Kier alpha value is -3.67. The van der Waals surface area contributed by atoms with E-state index in [9.17, 15) is 14.4 Å². The Morgan fingerprint density at radius 3 is 0.827 bits per heavy atom. The lowest BCUT2D eigenvalue weighted by Gasteiger charge is -2.18. The number of unbranched alkanes of at least 4 members (excludes halogenated alkanes) is 37. The molecule has 0 amide bonds. The van der Waals surface area contributed by atoms with Gasteiger partial charge < -0.3 is 14.2 Å². The van der Waals surface area contributed by atoms with Gasteiger partial charge in [0.1, 0.15) is 13.2 Å². The molecule has 81 heavy (non-hydrogen) atoms. The zero-order valence-electron chi connectivity index (χ0n) is 53.5. The van der Waals surface area contributed by atoms with E-state index in [1.165, 1.54) is 212 Å². The van der Waals surface area contributed by atoms with Crippen LogP contribution in [0.1, 0.15) is 342 Å². The predicted octanol–water partition coefficient (Wildman–Crippen LogP) is 24.0. The van der Waals surface area contributed by atoms with Crippen molar-refractivity contribution in [1.82, 2.24) is 0 Å². The normalized spacial score (nSPS) is 12.7. The second kappa shape index (κ2) is 68.8. The van der Waals surface area contributed by atoms with E-state index >= 15 is 0 Å². The van der Waals surface area contributed by atoms with Crippen LogP contribution in [0.15, 0.2) is 97.2 Å². The molecule has 0 aliphatic heterocycles. The number of carbonyl (C=O) groups excluding carboxylic acids is 3. The fourth-order valence-electron chi connectivity index (χ4n) is 9.90. The van der Waals surface area contributed by atoms with Crippen LogP contribution in [-0.4, -0.2) is 37.2 Å². The second-order valence-corrected chi connectivity index (χ2v) is 23.1. The molecule has 0 fully saturated rings. The number of rotatable bonds is 63.